The minimum absolute atomic E-state index is 0.0784. The second kappa shape index (κ2) is 14.3. The van der Waals surface area contributed by atoms with E-state index in [1.807, 2.05) is 54.6 Å². The van der Waals surface area contributed by atoms with Crippen molar-refractivity contribution in [2.24, 2.45) is 5.16 Å². The molecule has 2 aliphatic rings. The number of amides is 2. The quantitative estimate of drug-likeness (QED) is 0.0408. The molecule has 47 heavy (non-hydrogen) atoms. The van der Waals surface area contributed by atoms with E-state index in [0.29, 0.717) is 15.3 Å². The van der Waals surface area contributed by atoms with Crippen LogP contribution < -0.4 is 10.6 Å². The number of β-lactam (4-membered cyclic amide) rings is 1. The number of oxime groups is 1. The maximum Gasteiger partial charge on any atom is 0.354 e. The largest absolute Gasteiger partial charge is 0.464 e. The van der Waals surface area contributed by atoms with Crippen molar-refractivity contribution < 1.29 is 24.0 Å². The number of halogens is 1. The molecule has 0 radical (unpaired) electrons. The molecule has 1 fully saturated rings. The monoisotopic (exact) mass is 779 g/mol. The molecule has 3 aromatic carbocycles. The number of fused-ring (bicyclic) bond motifs is 1. The SMILES string of the molecule is CO/N=C(\C(=O)N[C@@H]1C(=O)N2C(C(=O)OC)=C(CI)CS[C@H]12)c1csc(NC(c2ccccc2)(c2ccccc2)c2ccccc2)n1. The number of thioether (sulfide) groups is 1. The molecule has 2 amide bonds. The summed E-state index contributed by atoms with van der Waals surface area (Å²) in [6.45, 7) is 0. The predicted octanol–water partition coefficient (Wildman–Crippen LogP) is 5.16. The van der Waals surface area contributed by atoms with Crippen LogP contribution in [0.1, 0.15) is 22.4 Å². The summed E-state index contributed by atoms with van der Waals surface area (Å²) < 4.78 is 5.53. The number of carbonyl (C=O) groups is 3. The number of hydrogen-bond acceptors (Lipinski definition) is 10. The fourth-order valence-electron chi connectivity index (χ4n) is 5.76. The van der Waals surface area contributed by atoms with Gasteiger partial charge in [0.25, 0.3) is 11.8 Å². The highest BCUT2D eigenvalue weighted by atomic mass is 127. The number of aromatic nitrogens is 1. The summed E-state index contributed by atoms with van der Waals surface area (Å²) in [5.41, 5.74) is 3.46. The molecule has 0 unspecified atom stereocenters. The van der Waals surface area contributed by atoms with Gasteiger partial charge in [0, 0.05) is 15.6 Å². The summed E-state index contributed by atoms with van der Waals surface area (Å²) in [5, 5.41) is 12.3. The fraction of sp³-hybridized carbons (Fsp3) is 0.206. The zero-order chi connectivity index (χ0) is 33.0. The summed E-state index contributed by atoms with van der Waals surface area (Å²) in [5.74, 6) is -1.04. The Labute approximate surface area is 293 Å². The predicted molar refractivity (Wildman–Crippen MR) is 191 cm³/mol. The average molecular weight is 780 g/mol. The van der Waals surface area contributed by atoms with Crippen LogP contribution in [0.4, 0.5) is 5.13 Å². The highest BCUT2D eigenvalue weighted by molar-refractivity contribution is 14.1. The van der Waals surface area contributed by atoms with E-state index in [2.05, 4.69) is 74.8 Å². The van der Waals surface area contributed by atoms with Crippen LogP contribution in [0, 0.1) is 0 Å². The van der Waals surface area contributed by atoms with E-state index >= 15 is 0 Å². The first-order valence-electron chi connectivity index (χ1n) is 14.6. The Kier molecular flexibility index (Phi) is 9.94. The molecule has 4 aromatic rings. The number of carbonyl (C=O) groups excluding carboxylic acids is 3. The Balaban J connectivity index is 1.30. The first kappa shape index (κ1) is 32.7. The number of benzene rings is 3. The van der Waals surface area contributed by atoms with Gasteiger partial charge in [0.05, 0.1) is 7.11 Å². The molecule has 6 rings (SSSR count). The molecule has 1 saturated heterocycles. The van der Waals surface area contributed by atoms with Gasteiger partial charge in [-0.05, 0) is 22.3 Å². The summed E-state index contributed by atoms with van der Waals surface area (Å²) in [4.78, 5) is 50.7. The van der Waals surface area contributed by atoms with E-state index in [4.69, 9.17) is 14.6 Å². The molecule has 240 valence electrons. The minimum atomic E-state index is -0.858. The van der Waals surface area contributed by atoms with E-state index < -0.39 is 34.7 Å². The maximum absolute atomic E-state index is 13.6. The van der Waals surface area contributed by atoms with E-state index in [1.54, 1.807) is 5.38 Å². The number of esters is 1. The molecule has 3 heterocycles. The smallest absolute Gasteiger partial charge is 0.354 e. The highest BCUT2D eigenvalue weighted by Gasteiger charge is 2.54. The Hall–Kier alpha value is -4.21. The lowest BCUT2D eigenvalue weighted by molar-refractivity contribution is -0.151. The van der Waals surface area contributed by atoms with Crippen LogP contribution in [-0.2, 0) is 29.5 Å². The van der Waals surface area contributed by atoms with Crippen molar-refractivity contribution in [1.29, 1.82) is 0 Å². The van der Waals surface area contributed by atoms with E-state index in [9.17, 15) is 14.4 Å². The van der Waals surface area contributed by atoms with Gasteiger partial charge in [0.2, 0.25) is 0 Å². The number of alkyl halides is 1. The Bertz CT molecular complexity index is 1740. The molecule has 10 nitrogen and oxygen atoms in total. The summed E-state index contributed by atoms with van der Waals surface area (Å²) in [6.07, 6.45) is 0. The zero-order valence-corrected chi connectivity index (χ0v) is 29.2. The van der Waals surface area contributed by atoms with Crippen LogP contribution >= 0.6 is 45.7 Å². The number of hydrogen-bond donors (Lipinski definition) is 2. The number of methoxy groups -OCH3 is 1. The topological polar surface area (TPSA) is 122 Å². The second-order valence-corrected chi connectivity index (χ2v) is 13.3. The van der Waals surface area contributed by atoms with Gasteiger partial charge in [0.15, 0.2) is 10.8 Å². The Morgan fingerprint density at radius 2 is 1.55 bits per heavy atom. The zero-order valence-electron chi connectivity index (χ0n) is 25.4. The van der Waals surface area contributed by atoms with Gasteiger partial charge in [-0.1, -0.05) is 119 Å². The van der Waals surface area contributed by atoms with Crippen molar-refractivity contribution in [2.45, 2.75) is 17.0 Å². The summed E-state index contributed by atoms with van der Waals surface area (Å²) in [6, 6.07) is 29.5. The van der Waals surface area contributed by atoms with Crippen molar-refractivity contribution >= 4 is 74.3 Å². The van der Waals surface area contributed by atoms with Gasteiger partial charge < -0.3 is 20.2 Å². The first-order valence-corrected chi connectivity index (χ1v) is 18.0. The third-order valence-electron chi connectivity index (χ3n) is 7.93. The lowest BCUT2D eigenvalue weighted by atomic mass is 9.77. The van der Waals surface area contributed by atoms with E-state index in [-0.39, 0.29) is 17.1 Å². The van der Waals surface area contributed by atoms with Crippen LogP contribution in [0.25, 0.3) is 0 Å². The Morgan fingerprint density at radius 1 is 0.979 bits per heavy atom. The van der Waals surface area contributed by atoms with Gasteiger partial charge in [-0.15, -0.1) is 23.1 Å². The number of thiazole rings is 1. The van der Waals surface area contributed by atoms with Crippen LogP contribution in [-0.4, -0.2) is 69.2 Å². The highest BCUT2D eigenvalue weighted by Crippen LogP contribution is 2.42. The van der Waals surface area contributed by atoms with Gasteiger partial charge >= 0.3 is 5.97 Å². The van der Waals surface area contributed by atoms with Crippen molar-refractivity contribution in [3.63, 3.8) is 0 Å². The number of anilines is 1. The third-order valence-corrected chi connectivity index (χ3v) is 11.0. The normalized spacial score (nSPS) is 17.8. The van der Waals surface area contributed by atoms with Crippen molar-refractivity contribution in [3.05, 3.63) is 130 Å². The fourth-order valence-corrected chi connectivity index (χ4v) is 8.85. The average Bonchev–Trinajstić information content (AvgIpc) is 3.59. The molecule has 2 N–H and O–H groups in total. The lowest BCUT2D eigenvalue weighted by Gasteiger charge is -2.49. The maximum atomic E-state index is 13.6. The van der Waals surface area contributed by atoms with Crippen LogP contribution in [0.15, 0.2) is 113 Å². The number of ether oxygens (including phenoxy) is 1. The Morgan fingerprint density at radius 3 is 2.06 bits per heavy atom. The number of nitrogens with zero attached hydrogens (tertiary/aromatic N) is 3. The molecular weight excluding hydrogens is 749 g/mol. The lowest BCUT2D eigenvalue weighted by Crippen LogP contribution is -2.71. The van der Waals surface area contributed by atoms with Gasteiger partial charge in [-0.2, -0.15) is 0 Å². The van der Waals surface area contributed by atoms with Crippen LogP contribution in [0.3, 0.4) is 0 Å². The molecule has 2 aliphatic heterocycles. The minimum Gasteiger partial charge on any atom is -0.464 e. The molecular formula is C34H30IN5O5S2. The van der Waals surface area contributed by atoms with Gasteiger partial charge in [-0.25, -0.2) is 9.78 Å². The number of rotatable bonds is 11. The van der Waals surface area contributed by atoms with Gasteiger partial charge in [-0.3, -0.25) is 14.5 Å². The molecule has 1 aromatic heterocycles. The number of nitrogens with one attached hydrogen (secondary N) is 2. The van der Waals surface area contributed by atoms with Crippen molar-refractivity contribution in [2.75, 3.05) is 29.7 Å². The van der Waals surface area contributed by atoms with Crippen LogP contribution in [0.2, 0.25) is 0 Å². The van der Waals surface area contributed by atoms with Crippen molar-refractivity contribution in [1.82, 2.24) is 15.2 Å². The molecule has 0 bridgehead atoms. The molecule has 0 spiro atoms. The molecule has 2 atom stereocenters. The summed E-state index contributed by atoms with van der Waals surface area (Å²) >= 11 is 4.96. The molecule has 13 heteroatoms. The second-order valence-electron chi connectivity index (χ2n) is 10.6. The standard InChI is InChI=1S/C34H30IN5O5S2/c1-44-32(43)28-21(18-35)19-46-31-27(30(42)40(28)31)37-29(41)26(39-45-2)25-20-47-33(36-25)38-34(22-12-6-3-7-13-22,23-14-8-4-9-15-23)24-16-10-5-11-17-24/h3-17,20,27,31H,18-19H2,1-2H3,(H,36,38)(H,37,41)/b39-26-/t27-,31-/m1/s1. The van der Waals surface area contributed by atoms with E-state index in [0.717, 1.165) is 22.3 Å². The van der Waals surface area contributed by atoms with Crippen molar-refractivity contribution in [3.8, 4) is 0 Å². The van der Waals surface area contributed by atoms with Crippen LogP contribution in [0.5, 0.6) is 0 Å². The molecule has 0 aliphatic carbocycles. The summed E-state index contributed by atoms with van der Waals surface area (Å²) in [7, 11) is 2.63. The third kappa shape index (κ3) is 6.14. The first-order chi connectivity index (χ1) is 22.9. The molecule has 0 saturated carbocycles. The van der Waals surface area contributed by atoms with E-state index in [1.165, 1.54) is 42.2 Å². The van der Waals surface area contributed by atoms with Gasteiger partial charge in [0.1, 0.15) is 35.5 Å².